The predicted octanol–water partition coefficient (Wildman–Crippen LogP) is 1.62. The smallest absolute Gasteiger partial charge is 0.305 e. The molecular weight excluding hydrogens is 507 g/mol. The Hall–Kier alpha value is -4.01. The van der Waals surface area contributed by atoms with E-state index in [1.807, 2.05) is 0 Å². The van der Waals surface area contributed by atoms with Crippen molar-refractivity contribution in [1.82, 2.24) is 15.0 Å². The normalized spacial score (nSPS) is 23.2. The zero-order chi connectivity index (χ0) is 27.4. The number of hydrogen-bond acceptors (Lipinski definition) is 11. The van der Waals surface area contributed by atoms with Crippen molar-refractivity contribution in [2.24, 2.45) is 0 Å². The predicted molar refractivity (Wildman–Crippen MR) is 113 cm³/mol. The fourth-order valence-corrected chi connectivity index (χ4v) is 3.70. The standard InChI is InChI=1S/C22H22F3N3O9/c1-9(29)33-8-17-20(34-10(2)30)19(21(35-11(3)31)22(37-17)36-12(4)32)28-7-16(26-27-28)13-5-14(23)18(25)15(24)6-13/h5-7,17,19-22H,8H2,1-4H3/t17-,19+,20+,21-,22+/m1/s1. The zero-order valence-electron chi connectivity index (χ0n) is 20.0. The van der Waals surface area contributed by atoms with Crippen molar-refractivity contribution < 1.29 is 56.0 Å². The quantitative estimate of drug-likeness (QED) is 0.293. The molecule has 0 N–H and O–H groups in total. The molecule has 0 spiro atoms. The Morgan fingerprint density at radius 3 is 2.00 bits per heavy atom. The number of esters is 4. The lowest BCUT2D eigenvalue weighted by Gasteiger charge is -2.44. The minimum Gasteiger partial charge on any atom is -0.463 e. The summed E-state index contributed by atoms with van der Waals surface area (Å²) >= 11 is 0. The third-order valence-electron chi connectivity index (χ3n) is 5.05. The number of benzene rings is 1. The molecule has 12 nitrogen and oxygen atoms in total. The van der Waals surface area contributed by atoms with Gasteiger partial charge < -0.3 is 23.7 Å². The maximum atomic E-state index is 13.8. The Labute approximate surface area is 207 Å². The fraction of sp³-hybridized carbons (Fsp3) is 0.455. The molecule has 0 unspecified atom stereocenters. The van der Waals surface area contributed by atoms with Gasteiger partial charge in [-0.25, -0.2) is 17.9 Å². The number of hydrogen-bond donors (Lipinski definition) is 0. The van der Waals surface area contributed by atoms with E-state index < -0.39 is 78.6 Å². The second-order valence-electron chi connectivity index (χ2n) is 7.93. The maximum absolute atomic E-state index is 13.8. The highest BCUT2D eigenvalue weighted by Gasteiger charge is 2.53. The van der Waals surface area contributed by atoms with Crippen LogP contribution in [0.4, 0.5) is 13.2 Å². The highest BCUT2D eigenvalue weighted by molar-refractivity contribution is 5.68. The summed E-state index contributed by atoms with van der Waals surface area (Å²) in [6, 6.07) is 0.0761. The van der Waals surface area contributed by atoms with Crippen molar-refractivity contribution in [1.29, 1.82) is 0 Å². The Morgan fingerprint density at radius 2 is 1.46 bits per heavy atom. The fourth-order valence-electron chi connectivity index (χ4n) is 3.70. The highest BCUT2D eigenvalue weighted by atomic mass is 19.2. The Balaban J connectivity index is 2.12. The van der Waals surface area contributed by atoms with Crippen molar-refractivity contribution in [2.45, 2.75) is 58.3 Å². The van der Waals surface area contributed by atoms with E-state index in [1.54, 1.807) is 0 Å². The molecule has 37 heavy (non-hydrogen) atoms. The van der Waals surface area contributed by atoms with Gasteiger partial charge in [-0.2, -0.15) is 0 Å². The van der Waals surface area contributed by atoms with Crippen LogP contribution in [0.25, 0.3) is 11.3 Å². The molecule has 5 atom stereocenters. The van der Waals surface area contributed by atoms with Crippen molar-refractivity contribution in [3.05, 3.63) is 35.8 Å². The summed E-state index contributed by atoms with van der Waals surface area (Å²) in [6.45, 7) is 3.86. The summed E-state index contributed by atoms with van der Waals surface area (Å²) in [5.41, 5.74) is -0.316. The highest BCUT2D eigenvalue weighted by Crippen LogP contribution is 2.36. The van der Waals surface area contributed by atoms with E-state index in [2.05, 4.69) is 10.3 Å². The third-order valence-corrected chi connectivity index (χ3v) is 5.05. The Kier molecular flexibility index (Phi) is 8.47. The van der Waals surface area contributed by atoms with Gasteiger partial charge in [0.15, 0.2) is 29.7 Å². The van der Waals surface area contributed by atoms with Gasteiger partial charge in [0.05, 0.1) is 6.20 Å². The topological polar surface area (TPSA) is 145 Å². The van der Waals surface area contributed by atoms with Crippen molar-refractivity contribution in [3.8, 4) is 11.3 Å². The van der Waals surface area contributed by atoms with E-state index in [4.69, 9.17) is 23.7 Å². The number of nitrogens with zero attached hydrogens (tertiary/aromatic N) is 3. The minimum absolute atomic E-state index is 0.131. The molecule has 15 heteroatoms. The van der Waals surface area contributed by atoms with Crippen LogP contribution in [-0.2, 0) is 42.9 Å². The molecule has 1 aliphatic heterocycles. The Bertz CT molecular complexity index is 1180. The molecule has 0 aliphatic carbocycles. The molecule has 0 bridgehead atoms. The first kappa shape index (κ1) is 27.6. The average Bonchev–Trinajstić information content (AvgIpc) is 3.26. The summed E-state index contributed by atoms with van der Waals surface area (Å²) in [4.78, 5) is 47.0. The minimum atomic E-state index is -1.68. The van der Waals surface area contributed by atoms with Crippen LogP contribution in [-0.4, -0.2) is 70.1 Å². The maximum Gasteiger partial charge on any atom is 0.305 e. The summed E-state index contributed by atoms with van der Waals surface area (Å²) in [7, 11) is 0. The van der Waals surface area contributed by atoms with Crippen molar-refractivity contribution in [2.75, 3.05) is 6.61 Å². The first-order valence-electron chi connectivity index (χ1n) is 10.7. The number of rotatable bonds is 7. The lowest BCUT2D eigenvalue weighted by atomic mass is 9.95. The van der Waals surface area contributed by atoms with Gasteiger partial charge in [-0.3, -0.25) is 19.2 Å². The monoisotopic (exact) mass is 529 g/mol. The van der Waals surface area contributed by atoms with Gasteiger partial charge in [0.2, 0.25) is 6.29 Å². The van der Waals surface area contributed by atoms with E-state index in [-0.39, 0.29) is 11.3 Å². The molecule has 3 rings (SSSR count). The van der Waals surface area contributed by atoms with Crippen molar-refractivity contribution >= 4 is 23.9 Å². The average molecular weight is 529 g/mol. The first-order valence-corrected chi connectivity index (χ1v) is 10.7. The lowest BCUT2D eigenvalue weighted by molar-refractivity contribution is -0.285. The lowest BCUT2D eigenvalue weighted by Crippen LogP contribution is -2.59. The SMILES string of the molecule is CC(=O)OC[C@H]1O[C@H](OC(C)=O)[C@H](OC(C)=O)[C@@H](n2cc(-c3cc(F)c(F)c(F)c3)nn2)[C@H]1OC(C)=O. The first-order chi connectivity index (χ1) is 17.4. The van der Waals surface area contributed by atoms with Gasteiger partial charge in [0, 0.05) is 33.3 Å². The van der Waals surface area contributed by atoms with Gasteiger partial charge in [0.25, 0.3) is 0 Å². The van der Waals surface area contributed by atoms with Crippen LogP contribution >= 0.6 is 0 Å². The number of carbonyl (C=O) groups excluding carboxylic acids is 4. The summed E-state index contributed by atoms with van der Waals surface area (Å²) in [6.07, 6.45) is -4.50. The molecule has 200 valence electrons. The van der Waals surface area contributed by atoms with Crippen LogP contribution in [0.3, 0.4) is 0 Å². The third kappa shape index (κ3) is 6.61. The second-order valence-corrected chi connectivity index (χ2v) is 7.93. The van der Waals surface area contributed by atoms with Crippen LogP contribution < -0.4 is 0 Å². The van der Waals surface area contributed by atoms with Gasteiger partial charge >= 0.3 is 23.9 Å². The number of halogens is 3. The van der Waals surface area contributed by atoms with Gasteiger partial charge in [-0.15, -0.1) is 5.10 Å². The number of carbonyl (C=O) groups is 4. The molecule has 1 aromatic carbocycles. The van der Waals surface area contributed by atoms with E-state index in [0.717, 1.165) is 38.6 Å². The summed E-state index contributed by atoms with van der Waals surface area (Å²) < 4.78 is 68.6. The van der Waals surface area contributed by atoms with E-state index in [9.17, 15) is 32.3 Å². The molecule has 1 aliphatic rings. The van der Waals surface area contributed by atoms with Crippen LogP contribution in [0.15, 0.2) is 18.3 Å². The van der Waals surface area contributed by atoms with E-state index >= 15 is 0 Å². The molecule has 1 aromatic heterocycles. The molecule has 0 radical (unpaired) electrons. The van der Waals surface area contributed by atoms with Crippen molar-refractivity contribution in [3.63, 3.8) is 0 Å². The van der Waals surface area contributed by atoms with Crippen LogP contribution in [0.1, 0.15) is 33.7 Å². The van der Waals surface area contributed by atoms with Gasteiger partial charge in [-0.1, -0.05) is 5.21 Å². The van der Waals surface area contributed by atoms with Gasteiger partial charge in [0.1, 0.15) is 24.4 Å². The number of ether oxygens (including phenoxy) is 5. The van der Waals surface area contributed by atoms with E-state index in [0.29, 0.717) is 12.1 Å². The largest absolute Gasteiger partial charge is 0.463 e. The van der Waals surface area contributed by atoms with Crippen LogP contribution in [0.5, 0.6) is 0 Å². The summed E-state index contributed by atoms with van der Waals surface area (Å²) in [5, 5.41) is 7.73. The Morgan fingerprint density at radius 1 is 0.892 bits per heavy atom. The van der Waals surface area contributed by atoms with E-state index in [1.165, 1.54) is 0 Å². The molecule has 0 amide bonds. The van der Waals surface area contributed by atoms with Crippen LogP contribution in [0, 0.1) is 17.5 Å². The summed E-state index contributed by atoms with van der Waals surface area (Å²) in [5.74, 6) is -7.78. The number of aromatic nitrogens is 3. The second kappa shape index (κ2) is 11.4. The molecule has 1 saturated heterocycles. The molecule has 2 heterocycles. The molecular formula is C22H22F3N3O9. The molecule has 1 fully saturated rings. The van der Waals surface area contributed by atoms with Gasteiger partial charge in [-0.05, 0) is 12.1 Å². The zero-order valence-corrected chi connectivity index (χ0v) is 20.0. The molecule has 2 aromatic rings. The molecule has 0 saturated carbocycles. The van der Waals surface area contributed by atoms with Crippen LogP contribution in [0.2, 0.25) is 0 Å².